The Morgan fingerprint density at radius 3 is 2.42 bits per heavy atom. The van der Waals surface area contributed by atoms with Gasteiger partial charge in [-0.1, -0.05) is 0 Å². The smallest absolute Gasteiger partial charge is 0.167 e. The number of hydrogen-bond donors (Lipinski definition) is 1. The van der Waals surface area contributed by atoms with Gasteiger partial charge in [-0.25, -0.2) is 9.37 Å². The summed E-state index contributed by atoms with van der Waals surface area (Å²) in [5, 5.41) is 13.4. The van der Waals surface area contributed by atoms with Crippen LogP contribution in [0.15, 0.2) is 36.5 Å². The van der Waals surface area contributed by atoms with E-state index in [0.717, 1.165) is 31.6 Å². The van der Waals surface area contributed by atoms with Gasteiger partial charge in [-0.3, -0.25) is 4.79 Å². The molecule has 170 valence electrons. The maximum absolute atomic E-state index is 15.1. The Morgan fingerprint density at radius 1 is 1.15 bits per heavy atom. The normalized spacial score (nSPS) is 20.5. The standard InChI is InChI=1S/C25H27FN6O/c1-16(33)17-3-5-20(6-4-17)30-7-9-31(10-8-30)25-23(26)13-22-18(14-27)15-32(24(22)29-25)21-11-19(12-21)28-2/h3-6,13,15,19,21,28H,7-12H2,1-2H3. The van der Waals surface area contributed by atoms with Crippen molar-refractivity contribution in [3.8, 4) is 6.07 Å². The maximum atomic E-state index is 15.1. The lowest BCUT2D eigenvalue weighted by Crippen LogP contribution is -2.47. The molecule has 7 nitrogen and oxygen atoms in total. The topological polar surface area (TPSA) is 77.2 Å². The van der Waals surface area contributed by atoms with E-state index in [4.69, 9.17) is 4.98 Å². The van der Waals surface area contributed by atoms with Crippen LogP contribution >= 0.6 is 0 Å². The Hall–Kier alpha value is -3.44. The largest absolute Gasteiger partial charge is 0.368 e. The number of piperazine rings is 1. The summed E-state index contributed by atoms with van der Waals surface area (Å²) >= 11 is 0. The molecule has 0 spiro atoms. The predicted octanol–water partition coefficient (Wildman–Crippen LogP) is 3.50. The van der Waals surface area contributed by atoms with E-state index in [1.165, 1.54) is 6.07 Å². The second-order valence-corrected chi connectivity index (χ2v) is 8.91. The quantitative estimate of drug-likeness (QED) is 0.605. The van der Waals surface area contributed by atoms with Gasteiger partial charge in [0.25, 0.3) is 0 Å². The lowest BCUT2D eigenvalue weighted by Gasteiger charge is -2.37. The van der Waals surface area contributed by atoms with Gasteiger partial charge in [0.05, 0.1) is 5.56 Å². The highest BCUT2D eigenvalue weighted by atomic mass is 19.1. The first-order chi connectivity index (χ1) is 16.0. The van der Waals surface area contributed by atoms with Crippen LogP contribution in [-0.4, -0.2) is 54.6 Å². The van der Waals surface area contributed by atoms with Crippen LogP contribution in [0.3, 0.4) is 0 Å². The number of hydrogen-bond acceptors (Lipinski definition) is 6. The highest BCUT2D eigenvalue weighted by Crippen LogP contribution is 2.37. The lowest BCUT2D eigenvalue weighted by atomic mass is 9.87. The van der Waals surface area contributed by atoms with Gasteiger partial charge in [-0.2, -0.15) is 5.26 Å². The van der Waals surface area contributed by atoms with E-state index in [9.17, 15) is 10.1 Å². The van der Waals surface area contributed by atoms with Crippen molar-refractivity contribution in [2.75, 3.05) is 43.0 Å². The minimum absolute atomic E-state index is 0.0518. The van der Waals surface area contributed by atoms with E-state index in [0.29, 0.717) is 47.1 Å². The molecule has 3 heterocycles. The molecule has 0 atom stereocenters. The van der Waals surface area contributed by atoms with E-state index < -0.39 is 5.82 Å². The van der Waals surface area contributed by atoms with Crippen molar-refractivity contribution < 1.29 is 9.18 Å². The van der Waals surface area contributed by atoms with E-state index in [-0.39, 0.29) is 11.8 Å². The summed E-state index contributed by atoms with van der Waals surface area (Å²) < 4.78 is 17.2. The van der Waals surface area contributed by atoms with Crippen molar-refractivity contribution in [3.05, 3.63) is 53.5 Å². The Labute approximate surface area is 192 Å². The zero-order chi connectivity index (χ0) is 23.1. The average molecular weight is 447 g/mol. The number of Topliss-reactive ketones (excluding diaryl/α,β-unsaturated/α-hetero) is 1. The summed E-state index contributed by atoms with van der Waals surface area (Å²) in [4.78, 5) is 20.5. The van der Waals surface area contributed by atoms with Gasteiger partial charge in [-0.05, 0) is 57.1 Å². The Kier molecular flexibility index (Phi) is 5.51. The highest BCUT2D eigenvalue weighted by molar-refractivity contribution is 5.94. The third kappa shape index (κ3) is 3.83. The molecule has 0 unspecified atom stereocenters. The number of nitrogens with one attached hydrogen (secondary N) is 1. The molecule has 3 aromatic rings. The molecular formula is C25H27FN6O. The molecule has 5 rings (SSSR count). The molecule has 1 aliphatic carbocycles. The number of nitrogens with zero attached hydrogens (tertiary/aromatic N) is 5. The molecule has 1 N–H and O–H groups in total. The molecule has 33 heavy (non-hydrogen) atoms. The number of ketones is 1. The third-order valence-corrected chi connectivity index (χ3v) is 6.99. The fraction of sp³-hybridized carbons (Fsp3) is 0.400. The number of aromatic nitrogens is 2. The fourth-order valence-electron chi connectivity index (χ4n) is 4.86. The maximum Gasteiger partial charge on any atom is 0.167 e. The van der Waals surface area contributed by atoms with Crippen molar-refractivity contribution >= 4 is 28.3 Å². The van der Waals surface area contributed by atoms with Crippen LogP contribution in [0.2, 0.25) is 0 Å². The van der Waals surface area contributed by atoms with Gasteiger partial charge in [0.15, 0.2) is 17.4 Å². The van der Waals surface area contributed by atoms with Crippen LogP contribution in [0, 0.1) is 17.1 Å². The molecule has 8 heteroatoms. The summed E-state index contributed by atoms with van der Waals surface area (Å²) in [5.41, 5.74) is 2.91. The molecule has 1 saturated heterocycles. The van der Waals surface area contributed by atoms with Crippen LogP contribution in [-0.2, 0) is 0 Å². The van der Waals surface area contributed by atoms with Crippen LogP contribution in [0.4, 0.5) is 15.9 Å². The van der Waals surface area contributed by atoms with Crippen molar-refractivity contribution in [2.45, 2.75) is 31.8 Å². The number of nitriles is 1. The fourth-order valence-corrected chi connectivity index (χ4v) is 4.86. The van der Waals surface area contributed by atoms with E-state index in [1.54, 1.807) is 6.92 Å². The minimum Gasteiger partial charge on any atom is -0.368 e. The van der Waals surface area contributed by atoms with E-state index in [2.05, 4.69) is 20.9 Å². The van der Waals surface area contributed by atoms with Gasteiger partial charge in [0.2, 0.25) is 0 Å². The second-order valence-electron chi connectivity index (χ2n) is 8.91. The van der Waals surface area contributed by atoms with Crippen molar-refractivity contribution in [1.29, 1.82) is 5.26 Å². The summed E-state index contributed by atoms with van der Waals surface area (Å²) in [6, 6.07) is 12.0. The van der Waals surface area contributed by atoms with Crippen molar-refractivity contribution in [2.24, 2.45) is 0 Å². The highest BCUT2D eigenvalue weighted by Gasteiger charge is 2.32. The SMILES string of the molecule is CNC1CC(n2cc(C#N)c3cc(F)c(N4CCN(c5ccc(C(C)=O)cc5)CC4)nc32)C1. The van der Waals surface area contributed by atoms with Gasteiger partial charge >= 0.3 is 0 Å². The molecular weight excluding hydrogens is 419 g/mol. The first kappa shape index (κ1) is 21.4. The minimum atomic E-state index is -0.391. The zero-order valence-corrected chi connectivity index (χ0v) is 18.9. The first-order valence-electron chi connectivity index (χ1n) is 11.4. The summed E-state index contributed by atoms with van der Waals surface area (Å²) in [6.07, 6.45) is 3.77. The van der Waals surface area contributed by atoms with Gasteiger partial charge in [0.1, 0.15) is 11.7 Å². The zero-order valence-electron chi connectivity index (χ0n) is 18.9. The molecule has 2 fully saturated rings. The molecule has 2 aliphatic rings. The molecule has 0 bridgehead atoms. The van der Waals surface area contributed by atoms with E-state index in [1.807, 2.05) is 42.4 Å². The van der Waals surface area contributed by atoms with Crippen molar-refractivity contribution in [1.82, 2.24) is 14.9 Å². The molecule has 1 aromatic carbocycles. The van der Waals surface area contributed by atoms with Crippen LogP contribution in [0.25, 0.3) is 11.0 Å². The van der Waals surface area contributed by atoms with Gasteiger partial charge in [-0.15, -0.1) is 0 Å². The molecule has 0 amide bonds. The number of pyridine rings is 1. The second kappa shape index (κ2) is 8.49. The molecule has 1 aliphatic heterocycles. The number of carbonyl (C=O) groups excluding carboxylic acids is 1. The summed E-state index contributed by atoms with van der Waals surface area (Å²) in [6.45, 7) is 4.30. The number of carbonyl (C=O) groups is 1. The van der Waals surface area contributed by atoms with Crippen LogP contribution in [0.1, 0.15) is 41.7 Å². The van der Waals surface area contributed by atoms with Crippen LogP contribution in [0.5, 0.6) is 0 Å². The third-order valence-electron chi connectivity index (χ3n) is 6.99. The van der Waals surface area contributed by atoms with E-state index >= 15 is 4.39 Å². The Morgan fingerprint density at radius 2 is 1.82 bits per heavy atom. The number of anilines is 2. The predicted molar refractivity (Wildman–Crippen MR) is 126 cm³/mol. The van der Waals surface area contributed by atoms with Gasteiger partial charge in [0, 0.05) is 61.1 Å². The number of rotatable bonds is 5. The Balaban J connectivity index is 1.37. The van der Waals surface area contributed by atoms with Crippen molar-refractivity contribution in [3.63, 3.8) is 0 Å². The number of halogens is 1. The number of benzene rings is 1. The summed E-state index contributed by atoms with van der Waals surface area (Å²) in [7, 11) is 1.96. The molecule has 2 aromatic heterocycles. The Bertz CT molecular complexity index is 1230. The monoisotopic (exact) mass is 446 g/mol. The molecule has 0 radical (unpaired) electrons. The molecule has 1 saturated carbocycles. The summed E-state index contributed by atoms with van der Waals surface area (Å²) in [5.74, 6) is 0.0103. The van der Waals surface area contributed by atoms with Crippen LogP contribution < -0.4 is 15.1 Å². The van der Waals surface area contributed by atoms with Gasteiger partial charge < -0.3 is 19.7 Å². The lowest BCUT2D eigenvalue weighted by molar-refractivity contribution is 0.101. The number of fused-ring (bicyclic) bond motifs is 1. The average Bonchev–Trinajstić information content (AvgIpc) is 3.15. The first-order valence-corrected chi connectivity index (χ1v) is 11.4.